The molecule has 1 aliphatic heterocycles. The molecule has 0 aromatic heterocycles. The molecule has 4 heteroatoms. The van der Waals surface area contributed by atoms with E-state index in [1.165, 1.54) is 77.0 Å². The number of hydrogen-bond acceptors (Lipinski definition) is 4. The second-order valence-electron chi connectivity index (χ2n) is 8.38. The van der Waals surface area contributed by atoms with Crippen LogP contribution >= 0.6 is 0 Å². The van der Waals surface area contributed by atoms with Crippen LogP contribution in [0, 0.1) is 0 Å². The smallest absolute Gasteiger partial charge is 0.338 e. The molecule has 0 unspecified atom stereocenters. The zero-order valence-electron chi connectivity index (χ0n) is 19.3. The van der Waals surface area contributed by atoms with E-state index in [0.717, 1.165) is 18.9 Å². The first-order valence-electron chi connectivity index (χ1n) is 12.2. The summed E-state index contributed by atoms with van der Waals surface area (Å²) in [6.07, 6.45) is 21.0. The van der Waals surface area contributed by atoms with Gasteiger partial charge in [-0.25, -0.2) is 4.79 Å². The van der Waals surface area contributed by atoms with Crippen LogP contribution in [0.1, 0.15) is 101 Å². The van der Waals surface area contributed by atoms with E-state index >= 15 is 0 Å². The van der Waals surface area contributed by atoms with Gasteiger partial charge in [0.15, 0.2) is 0 Å². The van der Waals surface area contributed by atoms with Crippen LogP contribution in [-0.2, 0) is 4.74 Å². The minimum absolute atomic E-state index is 0.255. The van der Waals surface area contributed by atoms with Gasteiger partial charge in [0.05, 0.1) is 18.8 Å². The minimum atomic E-state index is -0.255. The number of unbranched alkanes of at least 4 members (excludes halogenated alkanes) is 11. The average Bonchev–Trinajstić information content (AvgIpc) is 3.24. The predicted molar refractivity (Wildman–Crippen MR) is 127 cm³/mol. The summed E-state index contributed by atoms with van der Waals surface area (Å²) in [6, 6.07) is 7.66. The molecule has 1 aromatic rings. The Morgan fingerprint density at radius 3 is 1.93 bits per heavy atom. The van der Waals surface area contributed by atoms with E-state index in [0.29, 0.717) is 12.2 Å². The van der Waals surface area contributed by atoms with Crippen molar-refractivity contribution in [2.75, 3.05) is 24.7 Å². The number of hydrogen-bond donors (Lipinski definition) is 0. The molecule has 0 N–H and O–H groups in total. The van der Waals surface area contributed by atoms with E-state index in [9.17, 15) is 4.79 Å². The second-order valence-corrected chi connectivity index (χ2v) is 8.38. The monoisotopic (exact) mass is 414 g/mol. The Morgan fingerprint density at radius 2 is 1.37 bits per heavy atom. The van der Waals surface area contributed by atoms with Crippen LogP contribution in [0.2, 0.25) is 0 Å². The maximum Gasteiger partial charge on any atom is 0.338 e. The van der Waals surface area contributed by atoms with Crippen molar-refractivity contribution in [3.05, 3.63) is 42.2 Å². The Bertz CT molecular complexity index is 612. The number of benzene rings is 1. The summed E-state index contributed by atoms with van der Waals surface area (Å²) in [6.45, 7) is 6.52. The van der Waals surface area contributed by atoms with Crippen molar-refractivity contribution in [2.24, 2.45) is 0 Å². The number of esters is 1. The normalized spacial score (nSPS) is 13.3. The molecule has 30 heavy (non-hydrogen) atoms. The highest BCUT2D eigenvalue weighted by atomic mass is 16.5. The SMILES string of the molecule is CCCCCCCCCCCCCCN1C=CN(c2ccc(C(=O)OCC)cc2)C1. The third-order valence-electron chi connectivity index (χ3n) is 5.80. The lowest BCUT2D eigenvalue weighted by Gasteiger charge is -2.21. The maximum absolute atomic E-state index is 11.8. The molecule has 1 aliphatic rings. The first-order valence-corrected chi connectivity index (χ1v) is 12.2. The fraction of sp³-hybridized carbons (Fsp3) is 0.654. The van der Waals surface area contributed by atoms with Crippen LogP contribution in [0.4, 0.5) is 5.69 Å². The van der Waals surface area contributed by atoms with Crippen LogP contribution in [0.15, 0.2) is 36.7 Å². The van der Waals surface area contributed by atoms with E-state index in [1.807, 2.05) is 31.2 Å². The van der Waals surface area contributed by atoms with Gasteiger partial charge in [0.25, 0.3) is 0 Å². The molecule has 0 saturated heterocycles. The van der Waals surface area contributed by atoms with E-state index in [2.05, 4.69) is 29.1 Å². The summed E-state index contributed by atoms with van der Waals surface area (Å²) in [5, 5.41) is 0. The van der Waals surface area contributed by atoms with Crippen molar-refractivity contribution in [1.29, 1.82) is 0 Å². The topological polar surface area (TPSA) is 32.8 Å². The predicted octanol–water partition coefficient (Wildman–Crippen LogP) is 7.12. The highest BCUT2D eigenvalue weighted by Gasteiger charge is 2.14. The molecule has 1 aromatic carbocycles. The molecule has 0 fully saturated rings. The van der Waals surface area contributed by atoms with Crippen molar-refractivity contribution in [3.63, 3.8) is 0 Å². The number of ether oxygens (including phenoxy) is 1. The molecular weight excluding hydrogens is 372 g/mol. The van der Waals surface area contributed by atoms with Crippen molar-refractivity contribution >= 4 is 11.7 Å². The van der Waals surface area contributed by atoms with E-state index in [1.54, 1.807) is 0 Å². The Morgan fingerprint density at radius 1 is 0.800 bits per heavy atom. The quantitative estimate of drug-likeness (QED) is 0.213. The third kappa shape index (κ3) is 9.23. The molecule has 0 amide bonds. The van der Waals surface area contributed by atoms with E-state index in [4.69, 9.17) is 4.74 Å². The van der Waals surface area contributed by atoms with Crippen LogP contribution in [0.25, 0.3) is 0 Å². The third-order valence-corrected chi connectivity index (χ3v) is 5.80. The first-order chi connectivity index (χ1) is 14.7. The van der Waals surface area contributed by atoms with Crippen LogP contribution in [0.5, 0.6) is 0 Å². The molecule has 2 rings (SSSR count). The lowest BCUT2D eigenvalue weighted by molar-refractivity contribution is 0.0526. The number of nitrogens with zero attached hydrogens (tertiary/aromatic N) is 2. The van der Waals surface area contributed by atoms with Crippen molar-refractivity contribution in [1.82, 2.24) is 4.90 Å². The molecule has 0 atom stereocenters. The lowest BCUT2D eigenvalue weighted by atomic mass is 10.1. The van der Waals surface area contributed by atoms with Gasteiger partial charge >= 0.3 is 5.97 Å². The standard InChI is InChI=1S/C26H42N2O2/c1-3-5-6-7-8-9-10-11-12-13-14-15-20-27-21-22-28(23-27)25-18-16-24(17-19-25)26(29)30-4-2/h16-19,21-22H,3-15,20,23H2,1-2H3. The fourth-order valence-corrected chi connectivity index (χ4v) is 3.94. The second kappa shape index (κ2) is 14.9. The van der Waals surface area contributed by atoms with Crippen LogP contribution in [-0.4, -0.2) is 30.7 Å². The summed E-state index contributed by atoms with van der Waals surface area (Å²) in [5.74, 6) is -0.255. The summed E-state index contributed by atoms with van der Waals surface area (Å²) in [7, 11) is 0. The summed E-state index contributed by atoms with van der Waals surface area (Å²) >= 11 is 0. The number of carbonyl (C=O) groups is 1. The highest BCUT2D eigenvalue weighted by molar-refractivity contribution is 5.89. The summed E-state index contributed by atoms with van der Waals surface area (Å²) in [4.78, 5) is 16.4. The van der Waals surface area contributed by atoms with Crippen molar-refractivity contribution < 1.29 is 9.53 Å². The van der Waals surface area contributed by atoms with E-state index in [-0.39, 0.29) is 5.97 Å². The molecule has 1 heterocycles. The summed E-state index contributed by atoms with van der Waals surface area (Å²) < 4.78 is 5.04. The van der Waals surface area contributed by atoms with Gasteiger partial charge in [-0.1, -0.05) is 77.6 Å². The van der Waals surface area contributed by atoms with Gasteiger partial charge in [-0.15, -0.1) is 0 Å². The zero-order valence-corrected chi connectivity index (χ0v) is 19.3. The fourth-order valence-electron chi connectivity index (χ4n) is 3.94. The summed E-state index contributed by atoms with van der Waals surface area (Å²) in [5.41, 5.74) is 1.72. The Hall–Kier alpha value is -1.97. The van der Waals surface area contributed by atoms with Crippen LogP contribution < -0.4 is 4.90 Å². The molecule has 168 valence electrons. The molecule has 4 nitrogen and oxygen atoms in total. The molecule has 0 radical (unpaired) electrons. The first kappa shape index (κ1) is 24.3. The van der Waals surface area contributed by atoms with E-state index < -0.39 is 0 Å². The molecule has 0 saturated carbocycles. The van der Waals surface area contributed by atoms with Crippen LogP contribution in [0.3, 0.4) is 0 Å². The number of carbonyl (C=O) groups excluding carboxylic acids is 1. The molecule has 0 spiro atoms. The molecule has 0 aliphatic carbocycles. The van der Waals surface area contributed by atoms with Gasteiger partial charge in [0.1, 0.15) is 0 Å². The van der Waals surface area contributed by atoms with Gasteiger partial charge in [-0.05, 0) is 37.6 Å². The molecule has 0 bridgehead atoms. The van der Waals surface area contributed by atoms with Gasteiger partial charge in [-0.3, -0.25) is 0 Å². The van der Waals surface area contributed by atoms with Crippen molar-refractivity contribution in [2.45, 2.75) is 90.9 Å². The van der Waals surface area contributed by atoms with Crippen molar-refractivity contribution in [3.8, 4) is 0 Å². The Balaban J connectivity index is 1.50. The van der Waals surface area contributed by atoms with Gasteiger partial charge in [0.2, 0.25) is 0 Å². The molecular formula is C26H42N2O2. The average molecular weight is 415 g/mol. The Kier molecular flexibility index (Phi) is 12.1. The highest BCUT2D eigenvalue weighted by Crippen LogP contribution is 2.21. The Labute approximate surface area is 184 Å². The number of rotatable bonds is 16. The number of anilines is 1. The minimum Gasteiger partial charge on any atom is -0.462 e. The van der Waals surface area contributed by atoms with Gasteiger partial charge in [-0.2, -0.15) is 0 Å². The van der Waals surface area contributed by atoms with Gasteiger partial charge in [0, 0.05) is 24.6 Å². The zero-order chi connectivity index (χ0) is 21.4. The lowest BCUT2D eigenvalue weighted by Crippen LogP contribution is -2.25. The maximum atomic E-state index is 11.8. The largest absolute Gasteiger partial charge is 0.462 e. The van der Waals surface area contributed by atoms with Gasteiger partial charge < -0.3 is 14.5 Å².